The van der Waals surface area contributed by atoms with E-state index >= 15 is 8.78 Å². The third kappa shape index (κ3) is 8.25. The number of aliphatic hydroxyl groups is 2. The highest BCUT2D eigenvalue weighted by Gasteiger charge is 2.27. The number of ether oxygens (including phenoxy) is 1. The second-order valence-electron chi connectivity index (χ2n) is 8.03. The van der Waals surface area contributed by atoms with Crippen LogP contribution in [0, 0.1) is 21.0 Å². The highest BCUT2D eigenvalue weighted by Crippen LogP contribution is 2.31. The van der Waals surface area contributed by atoms with Crippen LogP contribution in [0.5, 0.6) is 0 Å². The normalized spacial score (nSPS) is 14.4. The molecule has 0 unspecified atom stereocenters. The molecule has 0 radical (unpaired) electrons. The molecule has 0 aromatic heterocycles. The fourth-order valence-corrected chi connectivity index (χ4v) is 4.02. The van der Waals surface area contributed by atoms with Gasteiger partial charge in [-0.3, -0.25) is 14.5 Å². The van der Waals surface area contributed by atoms with Crippen molar-refractivity contribution in [3.05, 3.63) is 56.4 Å². The molecule has 2 aromatic rings. The summed E-state index contributed by atoms with van der Waals surface area (Å²) >= 11 is 1.90. The lowest BCUT2D eigenvalue weighted by molar-refractivity contribution is 0.0168. The Labute approximate surface area is 230 Å². The molecule has 0 saturated carbocycles. The van der Waals surface area contributed by atoms with E-state index in [1.807, 2.05) is 33.0 Å². The Balaban J connectivity index is 2.03. The summed E-state index contributed by atoms with van der Waals surface area (Å²) in [5.41, 5.74) is 0.479. The van der Waals surface area contributed by atoms with Crippen molar-refractivity contribution in [1.82, 2.24) is 10.4 Å². The zero-order valence-corrected chi connectivity index (χ0v) is 22.5. The number of morpholine rings is 1. The summed E-state index contributed by atoms with van der Waals surface area (Å²) in [7, 11) is 0. The first kappa shape index (κ1) is 30.0. The zero-order valence-electron chi connectivity index (χ0n) is 20.3. The number of rotatable bonds is 13. The van der Waals surface area contributed by atoms with Gasteiger partial charge in [0.2, 0.25) is 0 Å². The minimum absolute atomic E-state index is 0.00124. The summed E-state index contributed by atoms with van der Waals surface area (Å²) in [5.74, 6) is -4.50. The lowest BCUT2D eigenvalue weighted by atomic mass is 10.00. The molecule has 1 aliphatic rings. The van der Waals surface area contributed by atoms with Crippen molar-refractivity contribution < 1.29 is 42.6 Å². The number of carbonyl (C=O) groups is 1. The second kappa shape index (κ2) is 15.2. The summed E-state index contributed by atoms with van der Waals surface area (Å²) in [6, 6.07) is 5.12. The Morgan fingerprint density at radius 1 is 1.08 bits per heavy atom. The number of nitrogens with one attached hydrogen (secondary N) is 2. The maximum atomic E-state index is 15.5. The molecule has 0 aliphatic carbocycles. The molecule has 1 amide bonds. The molecule has 14 heteroatoms. The van der Waals surface area contributed by atoms with Crippen molar-refractivity contribution in [3.63, 3.8) is 0 Å². The van der Waals surface area contributed by atoms with E-state index in [2.05, 4.69) is 10.5 Å². The number of oxime groups is 1. The number of benzene rings is 2. The Morgan fingerprint density at radius 3 is 2.50 bits per heavy atom. The highest BCUT2D eigenvalue weighted by atomic mass is 127. The summed E-state index contributed by atoms with van der Waals surface area (Å²) in [6.45, 7) is 1.58. The summed E-state index contributed by atoms with van der Waals surface area (Å²) in [4.78, 5) is 24.9. The number of carbonyl (C=O) groups excluding carboxylic acids is 1. The van der Waals surface area contributed by atoms with Gasteiger partial charge in [0.1, 0.15) is 12.4 Å². The predicted octanol–water partition coefficient (Wildman–Crippen LogP) is 2.54. The molecule has 1 heterocycles. The first-order valence-corrected chi connectivity index (χ1v) is 12.8. The van der Waals surface area contributed by atoms with E-state index in [4.69, 9.17) is 24.6 Å². The SMILES string of the molecule is O=C(NOCCO)c1cc(C(CCN2CCOCC2)=NOCCO)c(F)c(F)c1Nc1ccc(I)cc1F. The Morgan fingerprint density at radius 2 is 1.82 bits per heavy atom. The fourth-order valence-electron chi connectivity index (χ4n) is 3.56. The van der Waals surface area contributed by atoms with Crippen LogP contribution in [-0.4, -0.2) is 86.0 Å². The van der Waals surface area contributed by atoms with Gasteiger partial charge >= 0.3 is 0 Å². The number of hydroxylamine groups is 1. The molecule has 0 spiro atoms. The van der Waals surface area contributed by atoms with Crippen molar-refractivity contribution in [1.29, 1.82) is 0 Å². The van der Waals surface area contributed by atoms with Gasteiger partial charge < -0.3 is 25.1 Å². The molecule has 1 aliphatic heterocycles. The zero-order chi connectivity index (χ0) is 27.5. The predicted molar refractivity (Wildman–Crippen MR) is 141 cm³/mol. The van der Waals surface area contributed by atoms with Gasteiger partial charge in [-0.15, -0.1) is 0 Å². The highest BCUT2D eigenvalue weighted by molar-refractivity contribution is 14.1. The van der Waals surface area contributed by atoms with E-state index in [9.17, 15) is 9.18 Å². The van der Waals surface area contributed by atoms with Gasteiger partial charge in [0.25, 0.3) is 5.91 Å². The first-order chi connectivity index (χ1) is 18.3. The van der Waals surface area contributed by atoms with Gasteiger partial charge in [-0.1, -0.05) is 5.16 Å². The lowest BCUT2D eigenvalue weighted by Crippen LogP contribution is -2.37. The van der Waals surface area contributed by atoms with Gasteiger partial charge in [-0.2, -0.15) is 0 Å². The van der Waals surface area contributed by atoms with Gasteiger partial charge in [-0.25, -0.2) is 18.7 Å². The van der Waals surface area contributed by atoms with E-state index in [0.29, 0.717) is 36.4 Å². The van der Waals surface area contributed by atoms with Crippen LogP contribution < -0.4 is 10.8 Å². The van der Waals surface area contributed by atoms with Gasteiger partial charge in [0.05, 0.1) is 55.7 Å². The molecule has 208 valence electrons. The monoisotopic (exact) mass is 652 g/mol. The van der Waals surface area contributed by atoms with Crippen molar-refractivity contribution in [2.45, 2.75) is 6.42 Å². The Hall–Kier alpha value is -2.50. The number of hydrogen-bond donors (Lipinski definition) is 4. The summed E-state index contributed by atoms with van der Waals surface area (Å²) < 4.78 is 51.4. The molecule has 38 heavy (non-hydrogen) atoms. The van der Waals surface area contributed by atoms with Crippen LogP contribution in [0.2, 0.25) is 0 Å². The molecule has 0 bridgehead atoms. The maximum absolute atomic E-state index is 15.5. The number of hydrogen-bond acceptors (Lipinski definition) is 9. The van der Waals surface area contributed by atoms with E-state index in [-0.39, 0.29) is 43.2 Å². The quantitative estimate of drug-likeness (QED) is 0.113. The first-order valence-electron chi connectivity index (χ1n) is 11.7. The molecular formula is C24H28F3IN4O6. The Bertz CT molecular complexity index is 1130. The van der Waals surface area contributed by atoms with Crippen LogP contribution in [0.3, 0.4) is 0 Å². The van der Waals surface area contributed by atoms with Crippen LogP contribution in [0.1, 0.15) is 22.3 Å². The third-order valence-electron chi connectivity index (χ3n) is 5.44. The minimum Gasteiger partial charge on any atom is -0.394 e. The van der Waals surface area contributed by atoms with Crippen LogP contribution in [0.15, 0.2) is 29.4 Å². The molecule has 4 N–H and O–H groups in total. The fraction of sp³-hybridized carbons (Fsp3) is 0.417. The molecule has 1 fully saturated rings. The van der Waals surface area contributed by atoms with Crippen molar-refractivity contribution in [2.24, 2.45) is 5.16 Å². The average Bonchev–Trinajstić information content (AvgIpc) is 2.91. The van der Waals surface area contributed by atoms with Crippen LogP contribution >= 0.6 is 22.6 Å². The number of amides is 1. The largest absolute Gasteiger partial charge is 0.394 e. The topological polar surface area (TPSA) is 125 Å². The van der Waals surface area contributed by atoms with Gasteiger partial charge in [-0.05, 0) is 46.9 Å². The average molecular weight is 652 g/mol. The molecule has 0 atom stereocenters. The molecule has 3 rings (SSSR count). The molecule has 1 saturated heterocycles. The van der Waals surface area contributed by atoms with Crippen molar-refractivity contribution in [2.75, 3.05) is 64.6 Å². The van der Waals surface area contributed by atoms with Crippen molar-refractivity contribution in [3.8, 4) is 0 Å². The molecule has 10 nitrogen and oxygen atoms in total. The van der Waals surface area contributed by atoms with Crippen LogP contribution in [0.4, 0.5) is 24.5 Å². The van der Waals surface area contributed by atoms with Gasteiger partial charge in [0, 0.05) is 35.2 Å². The van der Waals surface area contributed by atoms with Crippen molar-refractivity contribution >= 4 is 45.6 Å². The second-order valence-corrected chi connectivity index (χ2v) is 9.27. The molecular weight excluding hydrogens is 624 g/mol. The van der Waals surface area contributed by atoms with E-state index in [1.54, 1.807) is 6.07 Å². The third-order valence-corrected chi connectivity index (χ3v) is 6.11. The standard InChI is InChI=1S/C24H28F3IN4O6/c25-18-13-15(28)1-2-20(18)29-23-17(24(35)31-38-12-8-34)14-16(21(26)22(23)27)19(30-37-11-7-33)3-4-32-5-9-36-10-6-32/h1-2,13-14,29,33-34H,3-12H2,(H,31,35). The van der Waals surface area contributed by atoms with Crippen LogP contribution in [-0.2, 0) is 14.4 Å². The number of anilines is 2. The van der Waals surface area contributed by atoms with E-state index < -0.39 is 41.2 Å². The number of halogens is 4. The summed E-state index contributed by atoms with van der Waals surface area (Å²) in [5, 5.41) is 24.3. The smallest absolute Gasteiger partial charge is 0.277 e. The number of nitrogens with zero attached hydrogens (tertiary/aromatic N) is 2. The molecule has 2 aromatic carbocycles. The lowest BCUT2D eigenvalue weighted by Gasteiger charge is -2.26. The van der Waals surface area contributed by atoms with Gasteiger partial charge in [0.15, 0.2) is 11.6 Å². The summed E-state index contributed by atoms with van der Waals surface area (Å²) in [6.07, 6.45) is 0.127. The van der Waals surface area contributed by atoms with E-state index in [1.165, 1.54) is 12.1 Å². The minimum atomic E-state index is -1.45. The maximum Gasteiger partial charge on any atom is 0.277 e. The van der Waals surface area contributed by atoms with Crippen LogP contribution in [0.25, 0.3) is 0 Å². The number of aliphatic hydroxyl groups excluding tert-OH is 2. The van der Waals surface area contributed by atoms with E-state index in [0.717, 1.165) is 6.07 Å². The Kier molecular flexibility index (Phi) is 12.0.